The van der Waals surface area contributed by atoms with Crippen LogP contribution in [0.3, 0.4) is 0 Å². The molecule has 0 bridgehead atoms. The van der Waals surface area contributed by atoms with Gasteiger partial charge in [-0.25, -0.2) is 0 Å². The molecule has 2 nitrogen and oxygen atoms in total. The Kier molecular flexibility index (Phi) is 6.60. The minimum Gasteiger partial charge on any atom is -0.383 e. The second-order valence-electron chi connectivity index (χ2n) is 4.36. The van der Waals surface area contributed by atoms with Crippen molar-refractivity contribution in [3.63, 3.8) is 0 Å². The van der Waals surface area contributed by atoms with Crippen molar-refractivity contribution in [1.82, 2.24) is 4.90 Å². The molecule has 1 rings (SSSR count). The maximum absolute atomic E-state index is 3.54. The third-order valence-electron chi connectivity index (χ3n) is 3.22. The zero-order chi connectivity index (χ0) is 12.7. The van der Waals surface area contributed by atoms with Crippen LogP contribution in [0.25, 0.3) is 0 Å². The lowest BCUT2D eigenvalue weighted by atomic mass is 10.1. The summed E-state index contributed by atoms with van der Waals surface area (Å²) in [6, 6.07) is 8.95. The van der Waals surface area contributed by atoms with Gasteiger partial charge < -0.3 is 10.2 Å². The first kappa shape index (κ1) is 14.5. The number of nitrogens with one attached hydrogen (secondary N) is 1. The van der Waals surface area contributed by atoms with E-state index in [0.29, 0.717) is 6.04 Å². The van der Waals surface area contributed by atoms with Gasteiger partial charge in [-0.1, -0.05) is 26.0 Å². The van der Waals surface area contributed by atoms with Crippen LogP contribution < -0.4 is 5.32 Å². The quantitative estimate of drug-likeness (QED) is 0.819. The average Bonchev–Trinajstić information content (AvgIpc) is 2.33. The summed E-state index contributed by atoms with van der Waals surface area (Å²) in [5, 5.41) is 3.46. The number of nitrogens with zero attached hydrogens (tertiary/aromatic N) is 1. The zero-order valence-electron chi connectivity index (χ0n) is 11.0. The molecule has 0 aliphatic rings. The number of para-hydroxylation sites is 1. The first-order valence-corrected chi connectivity index (χ1v) is 7.17. The van der Waals surface area contributed by atoms with E-state index in [1.807, 2.05) is 6.07 Å². The van der Waals surface area contributed by atoms with E-state index in [1.165, 1.54) is 18.5 Å². The molecule has 0 heterocycles. The molecule has 1 aromatic carbocycles. The van der Waals surface area contributed by atoms with E-state index in [0.717, 1.165) is 17.6 Å². The highest BCUT2D eigenvalue weighted by atomic mass is 79.9. The SMILES string of the molecule is CCC(CC)N(C)CCNc1ccccc1Br. The lowest BCUT2D eigenvalue weighted by Crippen LogP contribution is -2.34. The molecular formula is C14H23BrN2. The highest BCUT2D eigenvalue weighted by Crippen LogP contribution is 2.20. The second kappa shape index (κ2) is 7.72. The molecule has 1 aromatic rings. The minimum absolute atomic E-state index is 0.705. The summed E-state index contributed by atoms with van der Waals surface area (Å²) in [4.78, 5) is 2.43. The predicted octanol–water partition coefficient (Wildman–Crippen LogP) is 3.98. The number of rotatable bonds is 7. The van der Waals surface area contributed by atoms with Gasteiger partial charge in [-0.3, -0.25) is 0 Å². The van der Waals surface area contributed by atoms with Crippen molar-refractivity contribution in [2.75, 3.05) is 25.5 Å². The van der Waals surface area contributed by atoms with Crippen LogP contribution in [0.5, 0.6) is 0 Å². The van der Waals surface area contributed by atoms with Crippen LogP contribution in [0.4, 0.5) is 5.69 Å². The van der Waals surface area contributed by atoms with E-state index in [2.05, 4.69) is 65.2 Å². The lowest BCUT2D eigenvalue weighted by molar-refractivity contribution is 0.238. The van der Waals surface area contributed by atoms with Crippen LogP contribution in [0, 0.1) is 0 Å². The van der Waals surface area contributed by atoms with Crippen LogP contribution in [-0.2, 0) is 0 Å². The van der Waals surface area contributed by atoms with Gasteiger partial charge >= 0.3 is 0 Å². The molecular weight excluding hydrogens is 276 g/mol. The van der Waals surface area contributed by atoms with Gasteiger partial charge in [0, 0.05) is 29.3 Å². The summed E-state index contributed by atoms with van der Waals surface area (Å²) >= 11 is 3.54. The van der Waals surface area contributed by atoms with Gasteiger partial charge in [0.15, 0.2) is 0 Å². The molecule has 0 unspecified atom stereocenters. The van der Waals surface area contributed by atoms with E-state index >= 15 is 0 Å². The Bertz CT molecular complexity index is 324. The Labute approximate surface area is 114 Å². The molecule has 0 saturated carbocycles. The Balaban J connectivity index is 2.35. The molecule has 3 heteroatoms. The molecule has 0 spiro atoms. The highest BCUT2D eigenvalue weighted by molar-refractivity contribution is 9.10. The van der Waals surface area contributed by atoms with Gasteiger partial charge in [0.25, 0.3) is 0 Å². The summed E-state index contributed by atoms with van der Waals surface area (Å²) in [5.74, 6) is 0. The molecule has 0 radical (unpaired) electrons. The summed E-state index contributed by atoms with van der Waals surface area (Å²) in [6.07, 6.45) is 2.45. The van der Waals surface area contributed by atoms with Gasteiger partial charge in [-0.2, -0.15) is 0 Å². The summed E-state index contributed by atoms with van der Waals surface area (Å²) < 4.78 is 1.13. The normalized spacial score (nSPS) is 11.2. The Hall–Kier alpha value is -0.540. The topological polar surface area (TPSA) is 15.3 Å². The standard InChI is InChI=1S/C14H23BrN2/c1-4-12(5-2)17(3)11-10-16-14-9-7-6-8-13(14)15/h6-9,12,16H,4-5,10-11H2,1-3H3. The molecule has 0 fully saturated rings. The van der Waals surface area contributed by atoms with Crippen LogP contribution in [0.2, 0.25) is 0 Å². The first-order valence-electron chi connectivity index (χ1n) is 6.37. The Morgan fingerprint density at radius 1 is 1.24 bits per heavy atom. The third kappa shape index (κ3) is 4.68. The molecule has 96 valence electrons. The smallest absolute Gasteiger partial charge is 0.0485 e. The maximum Gasteiger partial charge on any atom is 0.0485 e. The fraction of sp³-hybridized carbons (Fsp3) is 0.571. The molecule has 0 aliphatic carbocycles. The molecule has 0 amide bonds. The van der Waals surface area contributed by atoms with Crippen LogP contribution in [0.15, 0.2) is 28.7 Å². The molecule has 0 aromatic heterocycles. The predicted molar refractivity (Wildman–Crippen MR) is 79.6 cm³/mol. The van der Waals surface area contributed by atoms with Crippen molar-refractivity contribution in [3.8, 4) is 0 Å². The molecule has 0 saturated heterocycles. The van der Waals surface area contributed by atoms with E-state index < -0.39 is 0 Å². The molecule has 17 heavy (non-hydrogen) atoms. The monoisotopic (exact) mass is 298 g/mol. The Morgan fingerprint density at radius 3 is 2.47 bits per heavy atom. The minimum atomic E-state index is 0.705. The lowest BCUT2D eigenvalue weighted by Gasteiger charge is -2.26. The molecule has 0 atom stereocenters. The number of anilines is 1. The fourth-order valence-corrected chi connectivity index (χ4v) is 2.49. The summed E-state index contributed by atoms with van der Waals surface area (Å²) in [7, 11) is 2.21. The van der Waals surface area contributed by atoms with Crippen LogP contribution >= 0.6 is 15.9 Å². The number of hydrogen-bond donors (Lipinski definition) is 1. The van der Waals surface area contributed by atoms with E-state index in [9.17, 15) is 0 Å². The van der Waals surface area contributed by atoms with E-state index in [1.54, 1.807) is 0 Å². The van der Waals surface area contributed by atoms with Crippen LogP contribution in [0.1, 0.15) is 26.7 Å². The van der Waals surface area contributed by atoms with Crippen molar-refractivity contribution >= 4 is 21.6 Å². The van der Waals surface area contributed by atoms with Gasteiger partial charge in [-0.15, -0.1) is 0 Å². The van der Waals surface area contributed by atoms with Crippen LogP contribution in [-0.4, -0.2) is 31.1 Å². The number of hydrogen-bond acceptors (Lipinski definition) is 2. The largest absolute Gasteiger partial charge is 0.383 e. The number of benzene rings is 1. The first-order chi connectivity index (χ1) is 8.19. The molecule has 1 N–H and O–H groups in total. The van der Waals surface area contributed by atoms with E-state index in [-0.39, 0.29) is 0 Å². The number of halogens is 1. The highest BCUT2D eigenvalue weighted by Gasteiger charge is 2.09. The summed E-state index contributed by atoms with van der Waals surface area (Å²) in [6.45, 7) is 6.57. The van der Waals surface area contributed by atoms with Gasteiger partial charge in [-0.05, 0) is 48.0 Å². The van der Waals surface area contributed by atoms with Gasteiger partial charge in [0.2, 0.25) is 0 Å². The number of likely N-dealkylation sites (N-methyl/N-ethyl adjacent to an activating group) is 1. The second-order valence-corrected chi connectivity index (χ2v) is 5.21. The van der Waals surface area contributed by atoms with Gasteiger partial charge in [0.05, 0.1) is 0 Å². The van der Waals surface area contributed by atoms with Crippen molar-refractivity contribution in [2.24, 2.45) is 0 Å². The van der Waals surface area contributed by atoms with Crippen molar-refractivity contribution in [3.05, 3.63) is 28.7 Å². The van der Waals surface area contributed by atoms with Crippen molar-refractivity contribution in [2.45, 2.75) is 32.7 Å². The fourth-order valence-electron chi connectivity index (χ4n) is 2.07. The van der Waals surface area contributed by atoms with Gasteiger partial charge in [0.1, 0.15) is 0 Å². The molecule has 0 aliphatic heterocycles. The van der Waals surface area contributed by atoms with Crippen molar-refractivity contribution in [1.29, 1.82) is 0 Å². The maximum atomic E-state index is 3.54. The zero-order valence-corrected chi connectivity index (χ0v) is 12.6. The summed E-state index contributed by atoms with van der Waals surface area (Å²) in [5.41, 5.74) is 1.17. The average molecular weight is 299 g/mol. The van der Waals surface area contributed by atoms with E-state index in [4.69, 9.17) is 0 Å². The van der Waals surface area contributed by atoms with Crippen molar-refractivity contribution < 1.29 is 0 Å². The Morgan fingerprint density at radius 2 is 1.88 bits per heavy atom. The third-order valence-corrected chi connectivity index (χ3v) is 3.91.